The second kappa shape index (κ2) is 11.7. The minimum absolute atomic E-state index is 0.0302. The maximum atomic E-state index is 14.2. The van der Waals surface area contributed by atoms with E-state index in [4.69, 9.17) is 4.84 Å². The van der Waals surface area contributed by atoms with Crippen LogP contribution in [-0.4, -0.2) is 55.5 Å². The van der Waals surface area contributed by atoms with Crippen LogP contribution < -0.4 is 9.62 Å². The predicted molar refractivity (Wildman–Crippen MR) is 149 cm³/mol. The van der Waals surface area contributed by atoms with Gasteiger partial charge in [0.1, 0.15) is 24.1 Å². The zero-order chi connectivity index (χ0) is 30.0. The lowest BCUT2D eigenvalue weighted by molar-refractivity contribution is -0.112. The Hall–Kier alpha value is -4.69. The number of nitrogens with one attached hydrogen (secondary N) is 1. The zero-order valence-corrected chi connectivity index (χ0v) is 23.3. The molecule has 1 N–H and O–H groups in total. The number of fused-ring (bicyclic) bond motifs is 2. The number of nitrogens with zero attached hydrogens (tertiary/aromatic N) is 4. The fourth-order valence-corrected chi connectivity index (χ4v) is 5.03. The number of sulfonamides is 1. The third-order valence-corrected chi connectivity index (χ3v) is 7.23. The van der Waals surface area contributed by atoms with Gasteiger partial charge in [-0.05, 0) is 48.0 Å². The topological polar surface area (TPSA) is 132 Å². The van der Waals surface area contributed by atoms with E-state index < -0.39 is 33.5 Å². The van der Waals surface area contributed by atoms with Gasteiger partial charge in [-0.2, -0.15) is 0 Å². The predicted octanol–water partition coefficient (Wildman–Crippen LogP) is 3.12. The molecule has 0 spiro atoms. The summed E-state index contributed by atoms with van der Waals surface area (Å²) in [6.07, 6.45) is 1.04. The van der Waals surface area contributed by atoms with E-state index in [1.54, 1.807) is 28.8 Å². The molecule has 3 aromatic carbocycles. The number of anilines is 1. The van der Waals surface area contributed by atoms with Gasteiger partial charge >= 0.3 is 5.97 Å². The number of ether oxygens (including phenoxy) is 1. The summed E-state index contributed by atoms with van der Waals surface area (Å²) in [6, 6.07) is 14.3. The van der Waals surface area contributed by atoms with E-state index in [2.05, 4.69) is 19.6 Å². The molecule has 1 amide bonds. The van der Waals surface area contributed by atoms with E-state index >= 15 is 0 Å². The van der Waals surface area contributed by atoms with E-state index in [9.17, 15) is 26.8 Å². The molecule has 0 unspecified atom stereocenters. The average Bonchev–Trinajstić information content (AvgIpc) is 3.41. The van der Waals surface area contributed by atoms with Gasteiger partial charge in [-0.25, -0.2) is 31.7 Å². The SMILES string of the molecule is COC(=O)c1ccc(CO/N=C2/C(=O)N(Cc3nc4cc(F)ccc4n3CCNS(C)(=O)=O)c3ccc(F)cc32)cc1. The van der Waals surface area contributed by atoms with Gasteiger partial charge < -0.3 is 14.1 Å². The molecule has 42 heavy (non-hydrogen) atoms. The van der Waals surface area contributed by atoms with Gasteiger partial charge in [0.25, 0.3) is 5.91 Å². The van der Waals surface area contributed by atoms with Crippen molar-refractivity contribution in [3.05, 3.63) is 94.8 Å². The lowest BCUT2D eigenvalue weighted by Gasteiger charge is -2.18. The van der Waals surface area contributed by atoms with Gasteiger partial charge in [0.2, 0.25) is 10.0 Å². The summed E-state index contributed by atoms with van der Waals surface area (Å²) < 4.78 is 60.2. The number of hydrogen-bond donors (Lipinski definition) is 1. The number of oxime groups is 1. The van der Waals surface area contributed by atoms with Crippen molar-refractivity contribution in [2.45, 2.75) is 19.7 Å². The molecule has 0 saturated carbocycles. The molecule has 0 aliphatic carbocycles. The number of carbonyl (C=O) groups excluding carboxylic acids is 2. The van der Waals surface area contributed by atoms with E-state index in [1.165, 1.54) is 48.4 Å². The maximum Gasteiger partial charge on any atom is 0.337 e. The first-order chi connectivity index (χ1) is 20.0. The molecule has 1 aliphatic heterocycles. The molecule has 1 aromatic heterocycles. The second-order valence-corrected chi connectivity index (χ2v) is 11.3. The van der Waals surface area contributed by atoms with Crippen LogP contribution in [0.1, 0.15) is 27.3 Å². The fraction of sp³-hybridized carbons (Fsp3) is 0.214. The summed E-state index contributed by atoms with van der Waals surface area (Å²) >= 11 is 0. The Morgan fingerprint density at radius 2 is 1.76 bits per heavy atom. The monoisotopic (exact) mass is 597 g/mol. The number of aromatic nitrogens is 2. The number of carbonyl (C=O) groups is 2. The second-order valence-electron chi connectivity index (χ2n) is 9.43. The number of imidazole rings is 1. The molecular weight excluding hydrogens is 572 g/mol. The Balaban J connectivity index is 1.42. The van der Waals surface area contributed by atoms with Gasteiger partial charge in [0.05, 0.1) is 42.2 Å². The molecule has 14 heteroatoms. The molecule has 4 aromatic rings. The lowest BCUT2D eigenvalue weighted by Crippen LogP contribution is -2.32. The van der Waals surface area contributed by atoms with E-state index in [1.807, 2.05) is 0 Å². The largest absolute Gasteiger partial charge is 0.465 e. The summed E-state index contributed by atoms with van der Waals surface area (Å²) in [6.45, 7) is 0.0610. The van der Waals surface area contributed by atoms with Gasteiger partial charge in [-0.1, -0.05) is 17.3 Å². The molecule has 0 bridgehead atoms. The van der Waals surface area contributed by atoms with E-state index in [0.717, 1.165) is 6.26 Å². The third kappa shape index (κ3) is 6.14. The van der Waals surface area contributed by atoms with Crippen LogP contribution in [0.5, 0.6) is 0 Å². The number of rotatable bonds is 10. The van der Waals surface area contributed by atoms with Crippen LogP contribution >= 0.6 is 0 Å². The van der Waals surface area contributed by atoms with E-state index in [0.29, 0.717) is 33.7 Å². The lowest BCUT2D eigenvalue weighted by atomic mass is 10.1. The number of hydrogen-bond acceptors (Lipinski definition) is 8. The molecule has 218 valence electrons. The van der Waals surface area contributed by atoms with Crippen LogP contribution in [0.25, 0.3) is 11.0 Å². The van der Waals surface area contributed by atoms with E-state index in [-0.39, 0.29) is 37.5 Å². The van der Waals surface area contributed by atoms with Crippen molar-refractivity contribution >= 4 is 44.3 Å². The van der Waals surface area contributed by atoms with Crippen molar-refractivity contribution < 1.29 is 36.4 Å². The number of esters is 1. The average molecular weight is 598 g/mol. The van der Waals surface area contributed by atoms with Gasteiger partial charge in [0.15, 0.2) is 5.71 Å². The Morgan fingerprint density at radius 3 is 2.48 bits per heavy atom. The van der Waals surface area contributed by atoms with Crippen molar-refractivity contribution in [3.63, 3.8) is 0 Å². The molecule has 1 aliphatic rings. The van der Waals surface area contributed by atoms with Crippen LogP contribution in [0.15, 0.2) is 65.8 Å². The molecule has 2 heterocycles. The summed E-state index contributed by atoms with van der Waals surface area (Å²) in [5.74, 6) is -1.79. The fourth-order valence-electron chi connectivity index (χ4n) is 4.56. The highest BCUT2D eigenvalue weighted by atomic mass is 32.2. The highest BCUT2D eigenvalue weighted by Crippen LogP contribution is 2.32. The molecule has 11 nitrogen and oxygen atoms in total. The summed E-state index contributed by atoms with van der Waals surface area (Å²) in [5, 5.41) is 4.01. The minimum atomic E-state index is -3.46. The minimum Gasteiger partial charge on any atom is -0.465 e. The van der Waals surface area contributed by atoms with Crippen molar-refractivity contribution in [2.24, 2.45) is 5.16 Å². The Labute approximate surface area is 239 Å². The third-order valence-electron chi connectivity index (χ3n) is 6.50. The van der Waals surface area contributed by atoms with Crippen molar-refractivity contribution in [2.75, 3.05) is 24.8 Å². The molecular formula is C28H25F2N5O6S. The Kier molecular flexibility index (Phi) is 8.00. The van der Waals surface area contributed by atoms with Crippen molar-refractivity contribution in [1.29, 1.82) is 0 Å². The van der Waals surface area contributed by atoms with Crippen molar-refractivity contribution in [3.8, 4) is 0 Å². The molecule has 0 radical (unpaired) electrons. The molecule has 0 fully saturated rings. The Bertz CT molecular complexity index is 1820. The number of amides is 1. The quantitative estimate of drug-likeness (QED) is 0.220. The molecule has 5 rings (SSSR count). The first-order valence-electron chi connectivity index (χ1n) is 12.6. The molecule has 0 atom stereocenters. The van der Waals surface area contributed by atoms with Crippen LogP contribution in [0, 0.1) is 11.6 Å². The standard InChI is InChI=1S/C28H25F2N5O6S/c1-40-28(37)18-5-3-17(4-6-18)16-41-33-26-21-13-19(29)7-9-23(21)35(27(26)36)15-25-32-22-14-20(30)8-10-24(22)34(25)12-11-31-42(2,38)39/h3-10,13-14,31H,11-12,15-16H2,1-2H3/b33-26+. The smallest absolute Gasteiger partial charge is 0.337 e. The van der Waals surface area contributed by atoms with Crippen LogP contribution in [0.2, 0.25) is 0 Å². The van der Waals surface area contributed by atoms with Crippen molar-refractivity contribution in [1.82, 2.24) is 14.3 Å². The summed E-state index contributed by atoms with van der Waals surface area (Å²) in [4.78, 5) is 36.5. The Morgan fingerprint density at radius 1 is 1.05 bits per heavy atom. The number of halogens is 2. The maximum absolute atomic E-state index is 14.2. The summed E-state index contributed by atoms with van der Waals surface area (Å²) in [5.41, 5.74) is 2.35. The van der Waals surface area contributed by atoms with Crippen LogP contribution in [0.4, 0.5) is 14.5 Å². The highest BCUT2D eigenvalue weighted by molar-refractivity contribution is 7.88. The first-order valence-corrected chi connectivity index (χ1v) is 14.5. The number of methoxy groups -OCH3 is 1. The molecule has 0 saturated heterocycles. The van der Waals surface area contributed by atoms with Gasteiger partial charge in [-0.3, -0.25) is 9.69 Å². The first kappa shape index (κ1) is 28.8. The zero-order valence-electron chi connectivity index (χ0n) is 22.5. The van der Waals surface area contributed by atoms with Crippen LogP contribution in [0.3, 0.4) is 0 Å². The summed E-state index contributed by atoms with van der Waals surface area (Å²) in [7, 11) is -2.18. The van der Waals surface area contributed by atoms with Crippen LogP contribution in [-0.2, 0) is 44.1 Å². The number of benzene rings is 3. The van der Waals surface area contributed by atoms with Gasteiger partial charge in [0, 0.05) is 24.7 Å². The highest BCUT2D eigenvalue weighted by Gasteiger charge is 2.36. The normalized spacial score (nSPS) is 14.0. The van der Waals surface area contributed by atoms with Gasteiger partial charge in [-0.15, -0.1) is 0 Å².